The summed E-state index contributed by atoms with van der Waals surface area (Å²) in [6.07, 6.45) is 2.25. The summed E-state index contributed by atoms with van der Waals surface area (Å²) in [6, 6.07) is 9.72. The molecule has 1 aromatic heterocycles. The number of nitrogens with zero attached hydrogens (tertiary/aromatic N) is 4. The van der Waals surface area contributed by atoms with Gasteiger partial charge in [-0.25, -0.2) is 9.07 Å². The number of carbonyl (C=O) groups is 1. The first kappa shape index (κ1) is 23.9. The summed E-state index contributed by atoms with van der Waals surface area (Å²) in [7, 11) is 0. The van der Waals surface area contributed by atoms with Gasteiger partial charge in [0.2, 0.25) is 0 Å². The van der Waals surface area contributed by atoms with Gasteiger partial charge in [-0.1, -0.05) is 30.7 Å². The highest BCUT2D eigenvalue weighted by atomic mass is 35.5. The van der Waals surface area contributed by atoms with E-state index in [2.05, 4.69) is 39.7 Å². The molecule has 178 valence electrons. The van der Waals surface area contributed by atoms with Crippen molar-refractivity contribution < 1.29 is 14.3 Å². The van der Waals surface area contributed by atoms with Crippen molar-refractivity contribution in [2.24, 2.45) is 0 Å². The molecule has 2 aromatic carbocycles. The first-order valence-corrected chi connectivity index (χ1v) is 11.5. The van der Waals surface area contributed by atoms with Crippen LogP contribution in [0, 0.1) is 5.82 Å². The lowest BCUT2D eigenvalue weighted by Crippen LogP contribution is -2.34. The molecule has 34 heavy (non-hydrogen) atoms. The Morgan fingerprint density at radius 1 is 1.26 bits per heavy atom. The van der Waals surface area contributed by atoms with E-state index in [9.17, 15) is 14.3 Å². The third-order valence-electron chi connectivity index (χ3n) is 5.78. The van der Waals surface area contributed by atoms with Crippen LogP contribution in [0.3, 0.4) is 0 Å². The molecule has 0 saturated carbocycles. The molecule has 0 aliphatic carbocycles. The smallest absolute Gasteiger partial charge is 0.251 e. The van der Waals surface area contributed by atoms with E-state index in [4.69, 9.17) is 11.6 Å². The highest BCUT2D eigenvalue weighted by molar-refractivity contribution is 6.31. The van der Waals surface area contributed by atoms with Crippen LogP contribution >= 0.6 is 11.6 Å². The predicted octanol–water partition coefficient (Wildman–Crippen LogP) is 3.42. The fourth-order valence-corrected chi connectivity index (χ4v) is 3.91. The summed E-state index contributed by atoms with van der Waals surface area (Å²) < 4.78 is 15.4. The second-order valence-corrected chi connectivity index (χ2v) is 8.29. The molecule has 3 N–H and O–H groups in total. The van der Waals surface area contributed by atoms with E-state index in [1.807, 2.05) is 0 Å². The fraction of sp³-hybridized carbons (Fsp3) is 0.292. The zero-order valence-corrected chi connectivity index (χ0v) is 19.7. The molecule has 0 saturated heterocycles. The van der Waals surface area contributed by atoms with Crippen molar-refractivity contribution in [3.8, 4) is 5.69 Å². The molecule has 0 spiro atoms. The number of likely N-dealkylation sites (N-methyl/N-ethyl adjacent to an activating group) is 1. The molecule has 1 unspecified atom stereocenters. The number of aliphatic hydroxyl groups is 1. The Bertz CT molecular complexity index is 1210. The van der Waals surface area contributed by atoms with E-state index < -0.39 is 12.0 Å². The number of amides is 1. The number of halogens is 2. The van der Waals surface area contributed by atoms with Gasteiger partial charge in [-0.2, -0.15) is 0 Å². The number of aromatic nitrogens is 3. The number of anilines is 1. The van der Waals surface area contributed by atoms with Gasteiger partial charge >= 0.3 is 0 Å². The minimum atomic E-state index is -1.05. The largest absolute Gasteiger partial charge is 0.369 e. The van der Waals surface area contributed by atoms with E-state index in [0.29, 0.717) is 40.3 Å². The minimum absolute atomic E-state index is 0.0257. The van der Waals surface area contributed by atoms with E-state index in [-0.39, 0.29) is 10.9 Å². The van der Waals surface area contributed by atoms with Gasteiger partial charge < -0.3 is 20.6 Å². The maximum Gasteiger partial charge on any atom is 0.251 e. The van der Waals surface area contributed by atoms with Gasteiger partial charge in [0.05, 0.1) is 16.9 Å². The average molecular weight is 485 g/mol. The van der Waals surface area contributed by atoms with E-state index >= 15 is 0 Å². The Hall–Kier alpha value is -3.27. The lowest BCUT2D eigenvalue weighted by atomic mass is 10.0. The molecule has 8 nitrogen and oxygen atoms in total. The Morgan fingerprint density at radius 3 is 2.71 bits per heavy atom. The molecule has 1 aliphatic rings. The quantitative estimate of drug-likeness (QED) is 0.453. The molecular formula is C24H26ClFN6O2. The molecule has 1 atom stereocenters. The lowest BCUT2D eigenvalue weighted by molar-refractivity contribution is 0.0949. The van der Waals surface area contributed by atoms with Crippen molar-refractivity contribution >= 4 is 34.8 Å². The van der Waals surface area contributed by atoms with Crippen LogP contribution in [-0.4, -0.2) is 63.3 Å². The molecule has 1 amide bonds. The van der Waals surface area contributed by atoms with Crippen LogP contribution in [0.5, 0.6) is 0 Å². The van der Waals surface area contributed by atoms with Gasteiger partial charge in [0, 0.05) is 35.5 Å². The summed E-state index contributed by atoms with van der Waals surface area (Å²) in [6.45, 7) is 7.47. The van der Waals surface area contributed by atoms with Crippen LogP contribution in [0.25, 0.3) is 17.3 Å². The molecule has 4 rings (SSSR count). The summed E-state index contributed by atoms with van der Waals surface area (Å²) in [5, 5.41) is 24.6. The molecule has 1 aliphatic heterocycles. The van der Waals surface area contributed by atoms with Crippen LogP contribution in [-0.2, 0) is 0 Å². The average Bonchev–Trinajstić information content (AvgIpc) is 3.32. The third kappa shape index (κ3) is 5.11. The van der Waals surface area contributed by atoms with Gasteiger partial charge in [0.15, 0.2) is 6.23 Å². The van der Waals surface area contributed by atoms with Gasteiger partial charge in [-0.3, -0.25) is 4.79 Å². The van der Waals surface area contributed by atoms with Crippen molar-refractivity contribution in [1.29, 1.82) is 0 Å². The molecule has 0 fully saturated rings. The molecule has 0 bridgehead atoms. The summed E-state index contributed by atoms with van der Waals surface area (Å²) in [4.78, 5) is 14.6. The zero-order valence-electron chi connectivity index (χ0n) is 18.9. The second-order valence-electron chi connectivity index (χ2n) is 7.88. The van der Waals surface area contributed by atoms with E-state index in [1.54, 1.807) is 41.2 Å². The number of aliphatic hydroxyl groups excluding tert-OH is 1. The molecule has 0 radical (unpaired) electrons. The first-order chi connectivity index (χ1) is 16.4. The first-order valence-electron chi connectivity index (χ1n) is 11.1. The Morgan fingerprint density at radius 2 is 2.00 bits per heavy atom. The Labute approximate surface area is 202 Å². The highest BCUT2D eigenvalue weighted by Crippen LogP contribution is 2.34. The van der Waals surface area contributed by atoms with Crippen LogP contribution in [0.4, 0.5) is 10.1 Å². The topological polar surface area (TPSA) is 95.3 Å². The van der Waals surface area contributed by atoms with Gasteiger partial charge in [0.25, 0.3) is 5.91 Å². The Kier molecular flexibility index (Phi) is 7.26. The van der Waals surface area contributed by atoms with Crippen molar-refractivity contribution in [3.05, 3.63) is 70.3 Å². The number of fused-ring (bicyclic) bond motifs is 1. The number of hydrogen-bond acceptors (Lipinski definition) is 6. The number of benzene rings is 2. The van der Waals surface area contributed by atoms with Gasteiger partial charge in [0.1, 0.15) is 11.5 Å². The SMILES string of the molecule is CCN(CC)CCNC(=O)c1ccc(-n2cc(C3=Cc4cc(F)c(Cl)cc4NC3O)nn2)cc1. The fourth-order valence-electron chi connectivity index (χ4n) is 3.75. The second kappa shape index (κ2) is 10.3. The monoisotopic (exact) mass is 484 g/mol. The standard InChI is InChI=1S/C24H26ClFN6O2/c1-3-31(4-2)10-9-27-23(33)15-5-7-17(8-6-15)32-14-22(29-30-32)18-11-16-12-20(26)19(25)13-21(16)28-24(18)34/h5-8,11-14,24,28,34H,3-4,9-10H2,1-2H3,(H,27,33). The van der Waals surface area contributed by atoms with Crippen LogP contribution in [0.15, 0.2) is 42.6 Å². The minimum Gasteiger partial charge on any atom is -0.369 e. The molecule has 10 heteroatoms. The maximum atomic E-state index is 13.9. The van der Waals surface area contributed by atoms with Crippen molar-refractivity contribution in [2.75, 3.05) is 31.5 Å². The number of hydrogen-bond donors (Lipinski definition) is 3. The maximum absolute atomic E-state index is 13.9. The van der Waals surface area contributed by atoms with E-state index in [1.165, 1.54) is 12.1 Å². The van der Waals surface area contributed by atoms with E-state index in [0.717, 1.165) is 19.6 Å². The molecule has 3 aromatic rings. The van der Waals surface area contributed by atoms with Gasteiger partial charge in [-0.15, -0.1) is 5.10 Å². The van der Waals surface area contributed by atoms with Crippen molar-refractivity contribution in [3.63, 3.8) is 0 Å². The predicted molar refractivity (Wildman–Crippen MR) is 130 cm³/mol. The number of rotatable bonds is 8. The van der Waals surface area contributed by atoms with Gasteiger partial charge in [-0.05, 0) is 55.6 Å². The molecule has 2 heterocycles. The third-order valence-corrected chi connectivity index (χ3v) is 6.07. The lowest BCUT2D eigenvalue weighted by Gasteiger charge is -2.23. The van der Waals surface area contributed by atoms with Crippen LogP contribution < -0.4 is 10.6 Å². The van der Waals surface area contributed by atoms with Crippen molar-refractivity contribution in [2.45, 2.75) is 20.1 Å². The summed E-state index contributed by atoms with van der Waals surface area (Å²) in [5.74, 6) is -0.680. The number of nitrogens with one attached hydrogen (secondary N) is 2. The van der Waals surface area contributed by atoms with Crippen molar-refractivity contribution in [1.82, 2.24) is 25.2 Å². The number of carbonyl (C=O) groups excluding carboxylic acids is 1. The normalized spacial score (nSPS) is 15.0. The van der Waals surface area contributed by atoms with Crippen LogP contribution in [0.1, 0.15) is 35.5 Å². The van der Waals surface area contributed by atoms with Crippen LogP contribution in [0.2, 0.25) is 5.02 Å². The Balaban J connectivity index is 1.46. The summed E-state index contributed by atoms with van der Waals surface area (Å²) >= 11 is 5.83. The zero-order chi connectivity index (χ0) is 24.2. The molecular weight excluding hydrogens is 459 g/mol. The summed E-state index contributed by atoms with van der Waals surface area (Å²) in [5.41, 5.74) is 3.21. The highest BCUT2D eigenvalue weighted by Gasteiger charge is 2.23.